The first-order valence-corrected chi connectivity index (χ1v) is 9.89. The lowest BCUT2D eigenvalue weighted by Crippen LogP contribution is -2.30. The SMILES string of the molecule is C#C/C(=C\C=C(/C)CO)OCC(=O)CN1CCC(SC2=CC=CCC2F)C1. The molecule has 1 fully saturated rings. The van der Waals surface area contributed by atoms with Gasteiger partial charge in [0.15, 0.2) is 11.5 Å². The molecule has 1 saturated heterocycles. The topological polar surface area (TPSA) is 49.8 Å². The molecule has 6 heteroatoms. The van der Waals surface area contributed by atoms with Crippen molar-refractivity contribution >= 4 is 17.5 Å². The molecule has 0 aromatic carbocycles. The number of halogens is 1. The number of aliphatic hydroxyl groups excluding tert-OH is 1. The molecule has 0 aromatic rings. The first-order valence-electron chi connectivity index (χ1n) is 9.01. The molecule has 0 saturated carbocycles. The third kappa shape index (κ3) is 7.37. The van der Waals surface area contributed by atoms with Crippen LogP contribution in [0.2, 0.25) is 0 Å². The van der Waals surface area contributed by atoms with Gasteiger partial charge in [0.25, 0.3) is 0 Å². The van der Waals surface area contributed by atoms with Gasteiger partial charge in [-0.15, -0.1) is 18.2 Å². The van der Waals surface area contributed by atoms with Crippen LogP contribution in [0.1, 0.15) is 19.8 Å². The van der Waals surface area contributed by atoms with Gasteiger partial charge in [-0.25, -0.2) is 4.39 Å². The molecule has 1 heterocycles. The molecule has 2 rings (SSSR count). The van der Waals surface area contributed by atoms with Gasteiger partial charge >= 0.3 is 0 Å². The van der Waals surface area contributed by atoms with E-state index in [1.54, 1.807) is 30.8 Å². The zero-order valence-corrected chi connectivity index (χ0v) is 16.4. The zero-order valence-electron chi connectivity index (χ0n) is 15.6. The van der Waals surface area contributed by atoms with Gasteiger partial charge < -0.3 is 9.84 Å². The number of rotatable bonds is 9. The molecule has 4 nitrogen and oxygen atoms in total. The predicted octanol–water partition coefficient (Wildman–Crippen LogP) is 3.02. The van der Waals surface area contributed by atoms with Gasteiger partial charge in [0.05, 0.1) is 13.2 Å². The number of likely N-dealkylation sites (tertiary alicyclic amines) is 1. The molecule has 0 bridgehead atoms. The average Bonchev–Trinajstić information content (AvgIpc) is 3.10. The summed E-state index contributed by atoms with van der Waals surface area (Å²) < 4.78 is 19.3. The van der Waals surface area contributed by atoms with Crippen molar-refractivity contribution in [3.8, 4) is 12.3 Å². The highest BCUT2D eigenvalue weighted by atomic mass is 32.2. The van der Waals surface area contributed by atoms with Crippen molar-refractivity contribution in [2.75, 3.05) is 32.8 Å². The van der Waals surface area contributed by atoms with E-state index in [-0.39, 0.29) is 24.8 Å². The molecule has 2 unspecified atom stereocenters. The van der Waals surface area contributed by atoms with Crippen LogP contribution in [0.5, 0.6) is 0 Å². The van der Waals surface area contributed by atoms with Crippen LogP contribution in [0.4, 0.5) is 4.39 Å². The van der Waals surface area contributed by atoms with E-state index in [9.17, 15) is 9.18 Å². The van der Waals surface area contributed by atoms with E-state index in [4.69, 9.17) is 16.3 Å². The molecule has 0 aromatic heterocycles. The van der Waals surface area contributed by atoms with Crippen LogP contribution in [-0.4, -0.2) is 60.1 Å². The van der Waals surface area contributed by atoms with E-state index in [0.717, 1.165) is 30.0 Å². The highest BCUT2D eigenvalue weighted by molar-refractivity contribution is 8.03. The maximum absolute atomic E-state index is 13.9. The summed E-state index contributed by atoms with van der Waals surface area (Å²) in [5, 5.41) is 9.27. The van der Waals surface area contributed by atoms with Gasteiger partial charge in [0.2, 0.25) is 0 Å². The number of hydrogen-bond donors (Lipinski definition) is 1. The Bertz CT molecular complexity index is 690. The Morgan fingerprint density at radius 2 is 2.37 bits per heavy atom. The number of alkyl halides is 1. The van der Waals surface area contributed by atoms with Gasteiger partial charge in [0.1, 0.15) is 12.8 Å². The standard InChI is InChI=1S/C21H26FNO3S/c1-3-18(9-8-16(2)14-24)26-15-17(25)12-23-11-10-19(13-23)27-21-7-5-4-6-20(21)22/h1,4-5,7-9,19-20,24H,6,10-15H2,2H3/b16-8+,18-9+. The molecule has 1 N–H and O–H groups in total. The van der Waals surface area contributed by atoms with Crippen molar-refractivity contribution in [1.82, 2.24) is 4.90 Å². The van der Waals surface area contributed by atoms with Crippen molar-refractivity contribution in [2.45, 2.75) is 31.2 Å². The van der Waals surface area contributed by atoms with Crippen molar-refractivity contribution in [2.24, 2.45) is 0 Å². The molecule has 27 heavy (non-hydrogen) atoms. The largest absolute Gasteiger partial charge is 0.478 e. The smallest absolute Gasteiger partial charge is 0.184 e. The van der Waals surface area contributed by atoms with E-state index < -0.39 is 6.17 Å². The van der Waals surface area contributed by atoms with Crippen molar-refractivity contribution in [1.29, 1.82) is 0 Å². The number of hydrogen-bond acceptors (Lipinski definition) is 5. The van der Waals surface area contributed by atoms with E-state index >= 15 is 0 Å². The minimum atomic E-state index is -0.901. The lowest BCUT2D eigenvalue weighted by atomic mass is 10.2. The number of ketones is 1. The summed E-state index contributed by atoms with van der Waals surface area (Å²) in [5.41, 5.74) is 0.748. The molecule has 0 radical (unpaired) electrons. The predicted molar refractivity (Wildman–Crippen MR) is 108 cm³/mol. The Balaban J connectivity index is 1.74. The van der Waals surface area contributed by atoms with E-state index in [2.05, 4.69) is 10.8 Å². The van der Waals surface area contributed by atoms with Gasteiger partial charge in [-0.3, -0.25) is 9.69 Å². The van der Waals surface area contributed by atoms with Crippen LogP contribution in [0, 0.1) is 12.3 Å². The fourth-order valence-electron chi connectivity index (χ4n) is 2.79. The van der Waals surface area contributed by atoms with Crippen LogP contribution in [0.3, 0.4) is 0 Å². The number of aliphatic hydroxyl groups is 1. The summed E-state index contributed by atoms with van der Waals surface area (Å²) in [6.07, 6.45) is 14.7. The van der Waals surface area contributed by atoms with Crippen molar-refractivity contribution in [3.05, 3.63) is 46.6 Å². The van der Waals surface area contributed by atoms with E-state index in [1.165, 1.54) is 0 Å². The number of terminal acetylenes is 1. The van der Waals surface area contributed by atoms with Gasteiger partial charge in [-0.2, -0.15) is 0 Å². The summed E-state index contributed by atoms with van der Waals surface area (Å²) in [4.78, 5) is 15.0. The summed E-state index contributed by atoms with van der Waals surface area (Å²) >= 11 is 1.59. The van der Waals surface area contributed by atoms with E-state index in [1.807, 2.05) is 18.2 Å². The molecule has 2 aliphatic rings. The lowest BCUT2D eigenvalue weighted by Gasteiger charge is -2.18. The molecule has 0 amide bonds. The minimum absolute atomic E-state index is 0.0483. The number of carbonyl (C=O) groups is 1. The number of ether oxygens (including phenoxy) is 1. The maximum Gasteiger partial charge on any atom is 0.184 e. The van der Waals surface area contributed by atoms with Crippen LogP contribution < -0.4 is 0 Å². The molecule has 0 spiro atoms. The minimum Gasteiger partial charge on any atom is -0.478 e. The second-order valence-electron chi connectivity index (χ2n) is 6.64. The fourth-order valence-corrected chi connectivity index (χ4v) is 4.08. The number of allylic oxidation sites excluding steroid dienone is 7. The number of nitrogens with zero attached hydrogens (tertiary/aromatic N) is 1. The Hall–Kier alpha value is -1.81. The Morgan fingerprint density at radius 3 is 3.07 bits per heavy atom. The van der Waals surface area contributed by atoms with Crippen LogP contribution in [0.15, 0.2) is 46.6 Å². The molecule has 2 atom stereocenters. The maximum atomic E-state index is 13.9. The summed E-state index contributed by atoms with van der Waals surface area (Å²) in [6.45, 7) is 3.51. The highest BCUT2D eigenvalue weighted by Crippen LogP contribution is 2.34. The normalized spacial score (nSPS) is 23.9. The molecule has 1 aliphatic heterocycles. The van der Waals surface area contributed by atoms with Crippen molar-refractivity contribution in [3.63, 3.8) is 0 Å². The number of Topliss-reactive ketones (excluding diaryl/α,β-unsaturated/α-hetero) is 1. The van der Waals surface area contributed by atoms with Gasteiger partial charge in [0, 0.05) is 23.1 Å². The second kappa shape index (κ2) is 11.1. The monoisotopic (exact) mass is 391 g/mol. The van der Waals surface area contributed by atoms with Gasteiger partial charge in [-0.05, 0) is 37.5 Å². The van der Waals surface area contributed by atoms with Crippen LogP contribution in [0.25, 0.3) is 0 Å². The third-order valence-electron chi connectivity index (χ3n) is 4.28. The molecular formula is C21H26FNO3S. The Kier molecular flexibility index (Phi) is 8.86. The number of carbonyl (C=O) groups excluding carboxylic acids is 1. The average molecular weight is 392 g/mol. The van der Waals surface area contributed by atoms with Gasteiger partial charge in [-0.1, -0.05) is 24.3 Å². The third-order valence-corrected chi connectivity index (χ3v) is 5.66. The van der Waals surface area contributed by atoms with Crippen LogP contribution in [-0.2, 0) is 9.53 Å². The Labute approximate surface area is 164 Å². The molecule has 146 valence electrons. The van der Waals surface area contributed by atoms with Crippen LogP contribution >= 0.6 is 11.8 Å². The highest BCUT2D eigenvalue weighted by Gasteiger charge is 2.27. The molecular weight excluding hydrogens is 365 g/mol. The first kappa shape index (κ1) is 21.5. The summed E-state index contributed by atoms with van der Waals surface area (Å²) in [6, 6.07) is 0. The fraction of sp³-hybridized carbons (Fsp3) is 0.476. The Morgan fingerprint density at radius 1 is 1.56 bits per heavy atom. The number of thioether (sulfide) groups is 1. The molecule has 1 aliphatic carbocycles. The second-order valence-corrected chi connectivity index (χ2v) is 8.01. The zero-order chi connectivity index (χ0) is 19.6. The lowest BCUT2D eigenvalue weighted by molar-refractivity contribution is -0.123. The van der Waals surface area contributed by atoms with Crippen molar-refractivity contribution < 1.29 is 19.0 Å². The van der Waals surface area contributed by atoms with E-state index in [0.29, 0.717) is 18.2 Å². The summed E-state index contributed by atoms with van der Waals surface area (Å²) in [5.74, 6) is 2.60. The summed E-state index contributed by atoms with van der Waals surface area (Å²) in [7, 11) is 0. The first-order chi connectivity index (χ1) is 13.0. The quantitative estimate of drug-likeness (QED) is 0.372.